The number of hydrogen-bond acceptors (Lipinski definition) is 3. The monoisotopic (exact) mass is 200 g/mol. The molecule has 84 valence electrons. The van der Waals surface area contributed by atoms with Crippen molar-refractivity contribution < 1.29 is 4.74 Å². The molecule has 0 radical (unpaired) electrons. The molecule has 3 heteroatoms. The zero-order valence-corrected chi connectivity index (χ0v) is 9.75. The SMILES string of the molecule is CCC(C)N(CCOC)C1CCNC1. The summed E-state index contributed by atoms with van der Waals surface area (Å²) in [6.07, 6.45) is 2.51. The van der Waals surface area contributed by atoms with Crippen LogP contribution in [0.2, 0.25) is 0 Å². The van der Waals surface area contributed by atoms with E-state index in [0.29, 0.717) is 6.04 Å². The average molecular weight is 200 g/mol. The van der Waals surface area contributed by atoms with E-state index in [1.54, 1.807) is 7.11 Å². The van der Waals surface area contributed by atoms with Crippen molar-refractivity contribution in [1.82, 2.24) is 10.2 Å². The first-order chi connectivity index (χ1) is 6.79. The second kappa shape index (κ2) is 6.38. The van der Waals surface area contributed by atoms with E-state index in [-0.39, 0.29) is 0 Å². The number of rotatable bonds is 6. The van der Waals surface area contributed by atoms with Gasteiger partial charge < -0.3 is 10.1 Å². The van der Waals surface area contributed by atoms with E-state index >= 15 is 0 Å². The van der Waals surface area contributed by atoms with Crippen LogP contribution in [0.15, 0.2) is 0 Å². The van der Waals surface area contributed by atoms with Gasteiger partial charge in [-0.2, -0.15) is 0 Å². The minimum Gasteiger partial charge on any atom is -0.383 e. The quantitative estimate of drug-likeness (QED) is 0.695. The van der Waals surface area contributed by atoms with Gasteiger partial charge in [0.25, 0.3) is 0 Å². The molecule has 1 aliphatic rings. The highest BCUT2D eigenvalue weighted by atomic mass is 16.5. The van der Waals surface area contributed by atoms with Crippen LogP contribution in [0.25, 0.3) is 0 Å². The summed E-state index contributed by atoms with van der Waals surface area (Å²) in [6.45, 7) is 8.80. The van der Waals surface area contributed by atoms with E-state index in [9.17, 15) is 0 Å². The van der Waals surface area contributed by atoms with Gasteiger partial charge in [-0.1, -0.05) is 6.92 Å². The van der Waals surface area contributed by atoms with Crippen LogP contribution in [-0.2, 0) is 4.74 Å². The van der Waals surface area contributed by atoms with Gasteiger partial charge in [-0.15, -0.1) is 0 Å². The van der Waals surface area contributed by atoms with Crippen LogP contribution in [0.3, 0.4) is 0 Å². The lowest BCUT2D eigenvalue weighted by Gasteiger charge is -2.33. The van der Waals surface area contributed by atoms with Crippen molar-refractivity contribution >= 4 is 0 Å². The molecule has 0 amide bonds. The maximum Gasteiger partial charge on any atom is 0.0589 e. The maximum atomic E-state index is 5.16. The molecule has 2 unspecified atom stereocenters. The van der Waals surface area contributed by atoms with Gasteiger partial charge in [-0.05, 0) is 26.3 Å². The standard InChI is InChI=1S/C11H24N2O/c1-4-10(2)13(7-8-14-3)11-5-6-12-9-11/h10-12H,4-9H2,1-3H3. The molecule has 0 saturated carbocycles. The maximum absolute atomic E-state index is 5.16. The minimum absolute atomic E-state index is 0.676. The normalized spacial score (nSPS) is 24.4. The molecule has 1 aliphatic heterocycles. The fraction of sp³-hybridized carbons (Fsp3) is 1.00. The van der Waals surface area contributed by atoms with Crippen molar-refractivity contribution in [2.75, 3.05) is 33.4 Å². The van der Waals surface area contributed by atoms with Crippen molar-refractivity contribution in [1.29, 1.82) is 0 Å². The number of hydrogen-bond donors (Lipinski definition) is 1. The van der Waals surface area contributed by atoms with Gasteiger partial charge in [0.1, 0.15) is 0 Å². The molecule has 0 aliphatic carbocycles. The Morgan fingerprint density at radius 1 is 1.57 bits per heavy atom. The average Bonchev–Trinajstić information content (AvgIpc) is 2.71. The third-order valence-electron chi connectivity index (χ3n) is 3.21. The number of ether oxygens (including phenoxy) is 1. The minimum atomic E-state index is 0.676. The molecule has 0 bridgehead atoms. The Morgan fingerprint density at radius 3 is 2.86 bits per heavy atom. The predicted octanol–water partition coefficient (Wildman–Crippen LogP) is 1.10. The molecule has 0 aromatic rings. The van der Waals surface area contributed by atoms with E-state index in [4.69, 9.17) is 4.74 Å². The third kappa shape index (κ3) is 3.23. The van der Waals surface area contributed by atoms with Crippen LogP contribution in [0.5, 0.6) is 0 Å². The van der Waals surface area contributed by atoms with Crippen molar-refractivity contribution in [3.8, 4) is 0 Å². The Balaban J connectivity index is 2.42. The summed E-state index contributed by atoms with van der Waals surface area (Å²) in [4.78, 5) is 2.59. The van der Waals surface area contributed by atoms with Crippen LogP contribution in [0.1, 0.15) is 26.7 Å². The summed E-state index contributed by atoms with van der Waals surface area (Å²) in [5, 5.41) is 3.43. The van der Waals surface area contributed by atoms with Crippen LogP contribution in [0, 0.1) is 0 Å². The molecule has 0 spiro atoms. The van der Waals surface area contributed by atoms with Crippen molar-refractivity contribution in [2.45, 2.75) is 38.8 Å². The molecule has 3 nitrogen and oxygen atoms in total. The van der Waals surface area contributed by atoms with Crippen molar-refractivity contribution in [2.24, 2.45) is 0 Å². The van der Waals surface area contributed by atoms with E-state index in [1.165, 1.54) is 19.4 Å². The van der Waals surface area contributed by atoms with Crippen LogP contribution >= 0.6 is 0 Å². The summed E-state index contributed by atoms with van der Waals surface area (Å²) in [5.74, 6) is 0. The lowest BCUT2D eigenvalue weighted by atomic mass is 10.1. The summed E-state index contributed by atoms with van der Waals surface area (Å²) < 4.78 is 5.16. The highest BCUT2D eigenvalue weighted by Crippen LogP contribution is 2.13. The zero-order chi connectivity index (χ0) is 10.4. The molecule has 2 atom stereocenters. The molecular formula is C11H24N2O. The van der Waals surface area contributed by atoms with Crippen molar-refractivity contribution in [3.63, 3.8) is 0 Å². The highest BCUT2D eigenvalue weighted by molar-refractivity contribution is 4.83. The van der Waals surface area contributed by atoms with E-state index in [1.807, 2.05) is 0 Å². The second-order valence-corrected chi connectivity index (χ2v) is 4.13. The highest BCUT2D eigenvalue weighted by Gasteiger charge is 2.24. The molecular weight excluding hydrogens is 176 g/mol. The molecule has 1 fully saturated rings. The zero-order valence-electron chi connectivity index (χ0n) is 9.75. The predicted molar refractivity (Wildman–Crippen MR) is 59.6 cm³/mol. The smallest absolute Gasteiger partial charge is 0.0589 e. The van der Waals surface area contributed by atoms with E-state index in [0.717, 1.165) is 25.7 Å². The lowest BCUT2D eigenvalue weighted by molar-refractivity contribution is 0.0943. The summed E-state index contributed by atoms with van der Waals surface area (Å²) in [6, 6.07) is 1.40. The first kappa shape index (κ1) is 12.0. The Morgan fingerprint density at radius 2 is 2.36 bits per heavy atom. The number of nitrogens with zero attached hydrogens (tertiary/aromatic N) is 1. The molecule has 0 aromatic heterocycles. The Kier molecular flexibility index (Phi) is 5.45. The summed E-state index contributed by atoms with van der Waals surface area (Å²) in [7, 11) is 1.78. The molecule has 1 saturated heterocycles. The van der Waals surface area contributed by atoms with Gasteiger partial charge in [0.15, 0.2) is 0 Å². The first-order valence-corrected chi connectivity index (χ1v) is 5.75. The third-order valence-corrected chi connectivity index (χ3v) is 3.21. The van der Waals surface area contributed by atoms with Crippen LogP contribution in [-0.4, -0.2) is 50.3 Å². The fourth-order valence-corrected chi connectivity index (χ4v) is 2.12. The lowest BCUT2D eigenvalue weighted by Crippen LogP contribution is -2.44. The van der Waals surface area contributed by atoms with Crippen LogP contribution in [0.4, 0.5) is 0 Å². The Labute approximate surface area is 87.8 Å². The number of nitrogens with one attached hydrogen (secondary N) is 1. The van der Waals surface area contributed by atoms with Gasteiger partial charge in [0, 0.05) is 32.3 Å². The topological polar surface area (TPSA) is 24.5 Å². The molecule has 0 aromatic carbocycles. The molecule has 14 heavy (non-hydrogen) atoms. The van der Waals surface area contributed by atoms with Crippen molar-refractivity contribution in [3.05, 3.63) is 0 Å². The number of methoxy groups -OCH3 is 1. The first-order valence-electron chi connectivity index (χ1n) is 5.75. The largest absolute Gasteiger partial charge is 0.383 e. The molecule has 1 heterocycles. The summed E-state index contributed by atoms with van der Waals surface area (Å²) >= 11 is 0. The summed E-state index contributed by atoms with van der Waals surface area (Å²) in [5.41, 5.74) is 0. The second-order valence-electron chi connectivity index (χ2n) is 4.13. The van der Waals surface area contributed by atoms with Gasteiger partial charge in [-0.3, -0.25) is 4.90 Å². The fourth-order valence-electron chi connectivity index (χ4n) is 2.12. The van der Waals surface area contributed by atoms with E-state index < -0.39 is 0 Å². The van der Waals surface area contributed by atoms with Gasteiger partial charge >= 0.3 is 0 Å². The van der Waals surface area contributed by atoms with Crippen LogP contribution < -0.4 is 5.32 Å². The van der Waals surface area contributed by atoms with E-state index in [2.05, 4.69) is 24.1 Å². The van der Waals surface area contributed by atoms with Gasteiger partial charge in [-0.25, -0.2) is 0 Å². The van der Waals surface area contributed by atoms with Gasteiger partial charge in [0.05, 0.1) is 6.61 Å². The molecule has 1 rings (SSSR count). The Hall–Kier alpha value is -0.120. The Bertz CT molecular complexity index is 146. The molecule has 1 N–H and O–H groups in total. The van der Waals surface area contributed by atoms with Gasteiger partial charge in [0.2, 0.25) is 0 Å².